The van der Waals surface area contributed by atoms with Crippen LogP contribution in [-0.4, -0.2) is 61.2 Å². The Balaban J connectivity index is 2.52. The molecule has 0 radical (unpaired) electrons. The molecule has 1 saturated heterocycles. The highest BCUT2D eigenvalue weighted by molar-refractivity contribution is 4.86. The van der Waals surface area contributed by atoms with Crippen LogP contribution in [0.15, 0.2) is 0 Å². The molecule has 0 aromatic rings. The summed E-state index contributed by atoms with van der Waals surface area (Å²) in [6, 6.07) is 1.40. The minimum Gasteiger partial charge on any atom is -0.313 e. The monoisotopic (exact) mass is 255 g/mol. The summed E-state index contributed by atoms with van der Waals surface area (Å²) >= 11 is 0. The molecule has 0 bridgehead atoms. The number of nitrogens with zero attached hydrogens (tertiary/aromatic N) is 2. The molecule has 0 amide bonds. The van der Waals surface area contributed by atoms with E-state index < -0.39 is 0 Å². The smallest absolute Gasteiger partial charge is 0.0247 e. The van der Waals surface area contributed by atoms with Gasteiger partial charge in [0.25, 0.3) is 0 Å². The Labute approximate surface area is 114 Å². The van der Waals surface area contributed by atoms with Crippen molar-refractivity contribution in [2.24, 2.45) is 0 Å². The van der Waals surface area contributed by atoms with Gasteiger partial charge in [0.1, 0.15) is 0 Å². The van der Waals surface area contributed by atoms with E-state index >= 15 is 0 Å². The second-order valence-corrected chi connectivity index (χ2v) is 5.40. The van der Waals surface area contributed by atoms with E-state index in [1.807, 2.05) is 0 Å². The zero-order chi connectivity index (χ0) is 13.4. The quantitative estimate of drug-likeness (QED) is 0.717. The zero-order valence-corrected chi connectivity index (χ0v) is 12.9. The molecule has 1 N–H and O–H groups in total. The van der Waals surface area contributed by atoms with E-state index in [4.69, 9.17) is 0 Å². The van der Waals surface area contributed by atoms with Crippen LogP contribution in [0.4, 0.5) is 0 Å². The summed E-state index contributed by atoms with van der Waals surface area (Å²) in [4.78, 5) is 5.28. The average molecular weight is 255 g/mol. The zero-order valence-electron chi connectivity index (χ0n) is 12.9. The Morgan fingerprint density at radius 2 is 1.67 bits per heavy atom. The largest absolute Gasteiger partial charge is 0.313 e. The lowest BCUT2D eigenvalue weighted by Gasteiger charge is -2.42. The van der Waals surface area contributed by atoms with Crippen LogP contribution in [0, 0.1) is 0 Å². The van der Waals surface area contributed by atoms with E-state index in [2.05, 4.69) is 42.8 Å². The summed E-state index contributed by atoms with van der Waals surface area (Å²) in [7, 11) is 0. The molecule has 18 heavy (non-hydrogen) atoms. The number of rotatable bonds is 8. The highest BCUT2D eigenvalue weighted by Gasteiger charge is 2.27. The minimum atomic E-state index is 0.679. The SMILES string of the molecule is CCCC(NCC)C(CC)N1CCN(CC)CC1. The first-order valence-electron chi connectivity index (χ1n) is 7.96. The van der Waals surface area contributed by atoms with Gasteiger partial charge < -0.3 is 10.2 Å². The van der Waals surface area contributed by atoms with Crippen LogP contribution in [-0.2, 0) is 0 Å². The van der Waals surface area contributed by atoms with Gasteiger partial charge in [-0.1, -0.05) is 34.1 Å². The standard InChI is InChI=1S/C15H33N3/c1-5-9-14(16-7-3)15(6-2)18-12-10-17(8-4)11-13-18/h14-16H,5-13H2,1-4H3. The summed E-state index contributed by atoms with van der Waals surface area (Å²) in [6.45, 7) is 16.4. The van der Waals surface area contributed by atoms with Gasteiger partial charge in [0.15, 0.2) is 0 Å². The van der Waals surface area contributed by atoms with Crippen molar-refractivity contribution in [3.63, 3.8) is 0 Å². The summed E-state index contributed by atoms with van der Waals surface area (Å²) in [6.07, 6.45) is 3.85. The van der Waals surface area contributed by atoms with E-state index in [1.54, 1.807) is 0 Å². The fraction of sp³-hybridized carbons (Fsp3) is 1.00. The molecule has 2 unspecified atom stereocenters. The third-order valence-electron chi connectivity index (χ3n) is 4.27. The highest BCUT2D eigenvalue weighted by Crippen LogP contribution is 2.16. The molecule has 0 spiro atoms. The minimum absolute atomic E-state index is 0.679. The van der Waals surface area contributed by atoms with Gasteiger partial charge in [0, 0.05) is 38.3 Å². The van der Waals surface area contributed by atoms with Gasteiger partial charge in [-0.05, 0) is 25.9 Å². The van der Waals surface area contributed by atoms with Crippen molar-refractivity contribution in [1.29, 1.82) is 0 Å². The van der Waals surface area contributed by atoms with Crippen molar-refractivity contribution in [2.75, 3.05) is 39.3 Å². The number of likely N-dealkylation sites (N-methyl/N-ethyl adjacent to an activating group) is 2. The summed E-state index contributed by atoms with van der Waals surface area (Å²) in [5.74, 6) is 0. The lowest BCUT2D eigenvalue weighted by molar-refractivity contribution is 0.0769. The maximum Gasteiger partial charge on any atom is 0.0247 e. The molecular weight excluding hydrogens is 222 g/mol. The first kappa shape index (κ1) is 15.9. The predicted molar refractivity (Wildman–Crippen MR) is 80.1 cm³/mol. The predicted octanol–water partition coefficient (Wildman–Crippen LogP) is 2.18. The molecule has 3 nitrogen and oxygen atoms in total. The Bertz CT molecular complexity index is 194. The van der Waals surface area contributed by atoms with Crippen molar-refractivity contribution < 1.29 is 0 Å². The van der Waals surface area contributed by atoms with E-state index in [-0.39, 0.29) is 0 Å². The van der Waals surface area contributed by atoms with Gasteiger partial charge in [0.05, 0.1) is 0 Å². The number of hydrogen-bond acceptors (Lipinski definition) is 3. The number of hydrogen-bond donors (Lipinski definition) is 1. The lowest BCUT2D eigenvalue weighted by atomic mass is 9.98. The molecule has 1 aliphatic heterocycles. The molecule has 0 saturated carbocycles. The normalized spacial score (nSPS) is 22.0. The fourth-order valence-corrected chi connectivity index (χ4v) is 3.21. The van der Waals surface area contributed by atoms with Gasteiger partial charge in [-0.3, -0.25) is 4.90 Å². The number of nitrogens with one attached hydrogen (secondary N) is 1. The molecule has 1 aliphatic rings. The van der Waals surface area contributed by atoms with Crippen molar-refractivity contribution in [3.8, 4) is 0 Å². The molecule has 108 valence electrons. The Morgan fingerprint density at radius 1 is 1.00 bits per heavy atom. The molecule has 1 rings (SSSR count). The van der Waals surface area contributed by atoms with Gasteiger partial charge in [-0.15, -0.1) is 0 Å². The van der Waals surface area contributed by atoms with E-state index in [0.29, 0.717) is 6.04 Å². The van der Waals surface area contributed by atoms with Crippen molar-refractivity contribution in [2.45, 2.75) is 59.0 Å². The summed E-state index contributed by atoms with van der Waals surface area (Å²) < 4.78 is 0. The Morgan fingerprint density at radius 3 is 2.11 bits per heavy atom. The third kappa shape index (κ3) is 4.52. The summed E-state index contributed by atoms with van der Waals surface area (Å²) in [5.41, 5.74) is 0. The van der Waals surface area contributed by atoms with Crippen molar-refractivity contribution in [1.82, 2.24) is 15.1 Å². The van der Waals surface area contributed by atoms with Crippen LogP contribution in [0.1, 0.15) is 47.0 Å². The van der Waals surface area contributed by atoms with Gasteiger partial charge in [-0.25, -0.2) is 0 Å². The summed E-state index contributed by atoms with van der Waals surface area (Å²) in [5, 5.41) is 3.70. The molecule has 0 aromatic heterocycles. The van der Waals surface area contributed by atoms with E-state index in [1.165, 1.54) is 52.0 Å². The molecular formula is C15H33N3. The van der Waals surface area contributed by atoms with Crippen molar-refractivity contribution in [3.05, 3.63) is 0 Å². The van der Waals surface area contributed by atoms with Gasteiger partial charge in [0.2, 0.25) is 0 Å². The van der Waals surface area contributed by atoms with Crippen LogP contribution in [0.25, 0.3) is 0 Å². The lowest BCUT2D eigenvalue weighted by Crippen LogP contribution is -2.56. The maximum atomic E-state index is 3.70. The average Bonchev–Trinajstić information content (AvgIpc) is 2.41. The second-order valence-electron chi connectivity index (χ2n) is 5.40. The Hall–Kier alpha value is -0.120. The first-order valence-corrected chi connectivity index (χ1v) is 7.96. The molecule has 0 aliphatic carbocycles. The third-order valence-corrected chi connectivity index (χ3v) is 4.27. The van der Waals surface area contributed by atoms with Gasteiger partial charge in [-0.2, -0.15) is 0 Å². The first-order chi connectivity index (χ1) is 8.76. The van der Waals surface area contributed by atoms with E-state index in [0.717, 1.165) is 12.6 Å². The van der Waals surface area contributed by atoms with Crippen LogP contribution < -0.4 is 5.32 Å². The molecule has 2 atom stereocenters. The highest BCUT2D eigenvalue weighted by atomic mass is 15.3. The van der Waals surface area contributed by atoms with Crippen LogP contribution in [0.2, 0.25) is 0 Å². The fourth-order valence-electron chi connectivity index (χ4n) is 3.21. The van der Waals surface area contributed by atoms with Crippen LogP contribution in [0.3, 0.4) is 0 Å². The molecule has 0 aromatic carbocycles. The van der Waals surface area contributed by atoms with Crippen LogP contribution >= 0.6 is 0 Å². The topological polar surface area (TPSA) is 18.5 Å². The van der Waals surface area contributed by atoms with E-state index in [9.17, 15) is 0 Å². The second kappa shape index (κ2) is 8.89. The molecule has 1 heterocycles. The van der Waals surface area contributed by atoms with Gasteiger partial charge >= 0.3 is 0 Å². The maximum absolute atomic E-state index is 3.70. The Kier molecular flexibility index (Phi) is 7.87. The number of piperazine rings is 1. The molecule has 1 fully saturated rings. The van der Waals surface area contributed by atoms with Crippen LogP contribution in [0.5, 0.6) is 0 Å². The molecule has 3 heteroatoms. The van der Waals surface area contributed by atoms with Crippen molar-refractivity contribution >= 4 is 0 Å².